The topological polar surface area (TPSA) is 64.4 Å². The number of aliphatic carboxylic acids is 1. The summed E-state index contributed by atoms with van der Waals surface area (Å²) in [7, 11) is 1.86. The molecule has 2 aromatic rings. The van der Waals surface area contributed by atoms with Gasteiger partial charge in [-0.15, -0.1) is 0 Å². The van der Waals surface area contributed by atoms with Crippen LogP contribution < -0.4 is 0 Å². The lowest BCUT2D eigenvalue weighted by Crippen LogP contribution is -2.34. The first-order valence-electron chi connectivity index (χ1n) is 5.70. The van der Waals surface area contributed by atoms with Crippen molar-refractivity contribution in [3.63, 3.8) is 0 Å². The van der Waals surface area contributed by atoms with Crippen LogP contribution in [-0.4, -0.2) is 26.5 Å². The summed E-state index contributed by atoms with van der Waals surface area (Å²) >= 11 is 0. The van der Waals surface area contributed by atoms with E-state index in [4.69, 9.17) is 9.84 Å². The van der Waals surface area contributed by atoms with Crippen LogP contribution in [0.15, 0.2) is 24.3 Å². The smallest absolute Gasteiger partial charge is 0.335 e. The van der Waals surface area contributed by atoms with Gasteiger partial charge in [0.05, 0.1) is 17.8 Å². The standard InChI is InChI=1S/C13H16N2O3/c1-13(2,12(16)17)18-8-10-9-6-4-5-7-11(9)15(3)14-10/h4-7H,8H2,1-3H3,(H,16,17). The van der Waals surface area contributed by atoms with Crippen molar-refractivity contribution in [2.75, 3.05) is 0 Å². The van der Waals surface area contributed by atoms with Crippen LogP contribution in [0.25, 0.3) is 10.9 Å². The number of para-hydroxylation sites is 1. The molecule has 0 aliphatic heterocycles. The molecule has 0 amide bonds. The average molecular weight is 248 g/mol. The number of rotatable bonds is 4. The molecule has 5 nitrogen and oxygen atoms in total. The van der Waals surface area contributed by atoms with Gasteiger partial charge in [-0.1, -0.05) is 18.2 Å². The van der Waals surface area contributed by atoms with E-state index in [9.17, 15) is 4.79 Å². The number of nitrogens with zero attached hydrogens (tertiary/aromatic N) is 2. The van der Waals surface area contributed by atoms with Crippen LogP contribution in [0.3, 0.4) is 0 Å². The molecule has 1 heterocycles. The first-order chi connectivity index (χ1) is 8.42. The Hall–Kier alpha value is -1.88. The van der Waals surface area contributed by atoms with Gasteiger partial charge in [-0.3, -0.25) is 4.68 Å². The first kappa shape index (κ1) is 12.6. The summed E-state index contributed by atoms with van der Waals surface area (Å²) in [6, 6.07) is 7.79. The summed E-state index contributed by atoms with van der Waals surface area (Å²) in [5, 5.41) is 14.3. The van der Waals surface area contributed by atoms with Crippen LogP contribution in [0.1, 0.15) is 19.5 Å². The number of ether oxygens (including phenoxy) is 1. The van der Waals surface area contributed by atoms with Crippen molar-refractivity contribution in [2.45, 2.75) is 26.1 Å². The van der Waals surface area contributed by atoms with Gasteiger partial charge >= 0.3 is 5.97 Å². The third-order valence-electron chi connectivity index (χ3n) is 2.92. The third-order valence-corrected chi connectivity index (χ3v) is 2.92. The highest BCUT2D eigenvalue weighted by atomic mass is 16.5. The summed E-state index contributed by atoms with van der Waals surface area (Å²) < 4.78 is 7.19. The quantitative estimate of drug-likeness (QED) is 0.898. The van der Waals surface area contributed by atoms with E-state index in [1.807, 2.05) is 31.3 Å². The number of carboxylic acids is 1. The predicted octanol–water partition coefficient (Wildman–Crippen LogP) is 1.95. The Kier molecular flexibility index (Phi) is 3.09. The molecule has 0 saturated heterocycles. The van der Waals surface area contributed by atoms with Gasteiger partial charge in [-0.25, -0.2) is 4.79 Å². The van der Waals surface area contributed by atoms with Gasteiger partial charge in [0, 0.05) is 12.4 Å². The molecule has 0 aliphatic carbocycles. The number of aromatic nitrogens is 2. The number of aryl methyl sites for hydroxylation is 1. The molecule has 0 atom stereocenters. The highest BCUT2D eigenvalue weighted by Crippen LogP contribution is 2.20. The number of carboxylic acid groups (broad SMARTS) is 1. The number of benzene rings is 1. The minimum absolute atomic E-state index is 0.181. The predicted molar refractivity (Wildman–Crippen MR) is 67.2 cm³/mol. The second kappa shape index (κ2) is 4.42. The third kappa shape index (κ3) is 2.22. The van der Waals surface area contributed by atoms with Crippen LogP contribution in [-0.2, 0) is 23.2 Å². The fourth-order valence-corrected chi connectivity index (χ4v) is 1.71. The minimum atomic E-state index is -1.21. The number of hydrogen-bond donors (Lipinski definition) is 1. The van der Waals surface area contributed by atoms with Gasteiger partial charge in [0.25, 0.3) is 0 Å². The van der Waals surface area contributed by atoms with Gasteiger partial charge in [0.1, 0.15) is 0 Å². The van der Waals surface area contributed by atoms with E-state index in [0.29, 0.717) is 0 Å². The first-order valence-corrected chi connectivity index (χ1v) is 5.70. The van der Waals surface area contributed by atoms with Crippen LogP contribution in [0.2, 0.25) is 0 Å². The molecule has 0 unspecified atom stereocenters. The van der Waals surface area contributed by atoms with Gasteiger partial charge in [0.2, 0.25) is 0 Å². The fraction of sp³-hybridized carbons (Fsp3) is 0.385. The molecule has 2 rings (SSSR count). The highest BCUT2D eigenvalue weighted by Gasteiger charge is 2.28. The molecule has 1 aromatic heterocycles. The number of carbonyl (C=O) groups is 1. The van der Waals surface area contributed by atoms with Crippen LogP contribution in [0.5, 0.6) is 0 Å². The van der Waals surface area contributed by atoms with E-state index >= 15 is 0 Å². The Morgan fingerprint density at radius 1 is 1.44 bits per heavy atom. The maximum absolute atomic E-state index is 11.0. The normalized spacial score (nSPS) is 11.9. The second-order valence-corrected chi connectivity index (χ2v) is 4.69. The van der Waals surface area contributed by atoms with E-state index < -0.39 is 11.6 Å². The highest BCUT2D eigenvalue weighted by molar-refractivity contribution is 5.81. The Labute approximate surface area is 105 Å². The number of fused-ring (bicyclic) bond motifs is 1. The summed E-state index contributed by atoms with van der Waals surface area (Å²) in [6.45, 7) is 3.24. The monoisotopic (exact) mass is 248 g/mol. The molecule has 0 saturated carbocycles. The molecule has 0 radical (unpaired) electrons. The maximum atomic E-state index is 11.0. The van der Waals surface area contributed by atoms with Crippen molar-refractivity contribution < 1.29 is 14.6 Å². The molecular weight excluding hydrogens is 232 g/mol. The van der Waals surface area contributed by atoms with E-state index in [1.165, 1.54) is 13.8 Å². The zero-order valence-corrected chi connectivity index (χ0v) is 10.7. The van der Waals surface area contributed by atoms with Crippen molar-refractivity contribution in [3.05, 3.63) is 30.0 Å². The van der Waals surface area contributed by atoms with Crippen molar-refractivity contribution in [3.8, 4) is 0 Å². The molecule has 18 heavy (non-hydrogen) atoms. The lowest BCUT2D eigenvalue weighted by atomic mass is 10.1. The van der Waals surface area contributed by atoms with Crippen LogP contribution in [0, 0.1) is 0 Å². The molecule has 0 fully saturated rings. The Balaban J connectivity index is 2.25. The fourth-order valence-electron chi connectivity index (χ4n) is 1.71. The van der Waals surface area contributed by atoms with Crippen molar-refractivity contribution in [1.82, 2.24) is 9.78 Å². The van der Waals surface area contributed by atoms with Gasteiger partial charge in [-0.05, 0) is 19.9 Å². The SMILES string of the molecule is Cn1nc(COC(C)(C)C(=O)O)c2ccccc21. The van der Waals surface area contributed by atoms with Crippen LogP contribution in [0.4, 0.5) is 0 Å². The van der Waals surface area contributed by atoms with E-state index in [2.05, 4.69) is 5.10 Å². The lowest BCUT2D eigenvalue weighted by molar-refractivity contribution is -0.162. The second-order valence-electron chi connectivity index (χ2n) is 4.69. The van der Waals surface area contributed by atoms with Gasteiger partial charge < -0.3 is 9.84 Å². The Morgan fingerprint density at radius 2 is 2.11 bits per heavy atom. The molecule has 0 aliphatic rings. The zero-order chi connectivity index (χ0) is 13.3. The molecule has 0 bridgehead atoms. The number of hydrogen-bond acceptors (Lipinski definition) is 3. The van der Waals surface area contributed by atoms with E-state index in [1.54, 1.807) is 4.68 Å². The van der Waals surface area contributed by atoms with E-state index in [-0.39, 0.29) is 6.61 Å². The summed E-state index contributed by atoms with van der Waals surface area (Å²) in [6.07, 6.45) is 0. The molecular formula is C13H16N2O3. The maximum Gasteiger partial charge on any atom is 0.335 e. The molecule has 0 spiro atoms. The Morgan fingerprint density at radius 3 is 2.78 bits per heavy atom. The van der Waals surface area contributed by atoms with Crippen molar-refractivity contribution in [1.29, 1.82) is 0 Å². The van der Waals surface area contributed by atoms with E-state index in [0.717, 1.165) is 16.6 Å². The summed E-state index contributed by atoms with van der Waals surface area (Å²) in [5.41, 5.74) is 0.546. The average Bonchev–Trinajstić information content (AvgIpc) is 2.65. The lowest BCUT2D eigenvalue weighted by Gasteiger charge is -2.19. The molecule has 96 valence electrons. The van der Waals surface area contributed by atoms with Gasteiger partial charge in [-0.2, -0.15) is 5.10 Å². The summed E-state index contributed by atoms with van der Waals surface area (Å²) in [4.78, 5) is 11.0. The molecule has 1 aromatic carbocycles. The largest absolute Gasteiger partial charge is 0.479 e. The minimum Gasteiger partial charge on any atom is -0.479 e. The zero-order valence-electron chi connectivity index (χ0n) is 10.7. The van der Waals surface area contributed by atoms with Crippen LogP contribution >= 0.6 is 0 Å². The Bertz CT molecular complexity index is 587. The summed E-state index contributed by atoms with van der Waals surface area (Å²) in [5.74, 6) is -0.984. The van der Waals surface area contributed by atoms with Crippen molar-refractivity contribution >= 4 is 16.9 Å². The van der Waals surface area contributed by atoms with Gasteiger partial charge in [0.15, 0.2) is 5.60 Å². The molecule has 1 N–H and O–H groups in total. The molecule has 5 heteroatoms. The van der Waals surface area contributed by atoms with Crippen molar-refractivity contribution in [2.24, 2.45) is 7.05 Å².